The summed E-state index contributed by atoms with van der Waals surface area (Å²) < 4.78 is 64.7. The molecule has 0 aliphatic heterocycles. The zero-order valence-electron chi connectivity index (χ0n) is 10.9. The summed E-state index contributed by atoms with van der Waals surface area (Å²) in [6.45, 7) is 1.81. The van der Waals surface area contributed by atoms with E-state index >= 15 is 0 Å². The second kappa shape index (κ2) is 7.01. The highest BCUT2D eigenvalue weighted by Gasteiger charge is 2.67. The largest absolute Gasteiger partial charge is 0.478 e. The molecule has 0 aromatic carbocycles. The van der Waals surface area contributed by atoms with Crippen molar-refractivity contribution in [3.8, 4) is 0 Å². The zero-order chi connectivity index (χ0) is 16.0. The van der Waals surface area contributed by atoms with Gasteiger partial charge in [-0.15, -0.1) is 0 Å². The van der Waals surface area contributed by atoms with Gasteiger partial charge in [-0.1, -0.05) is 26.2 Å². The lowest BCUT2D eigenvalue weighted by molar-refractivity contribution is -0.352. The molecule has 2 N–H and O–H groups in total. The molecule has 0 aliphatic rings. The molecule has 3 nitrogen and oxygen atoms in total. The number of carboxylic acids is 1. The van der Waals surface area contributed by atoms with Crippen molar-refractivity contribution in [3.05, 3.63) is 12.2 Å². The standard InChI is InChI=1S/C12H17F5O3/c1-2-3-4-5-7-10(13,8-6-9(18)19)11(14,20)12(15,16)17/h6,8,20H,2-5,7H2,1H3,(H,18,19). The third-order valence-electron chi connectivity index (χ3n) is 2.81. The first kappa shape index (κ1) is 18.8. The molecule has 0 saturated carbocycles. The quantitative estimate of drug-likeness (QED) is 0.410. The van der Waals surface area contributed by atoms with Gasteiger partial charge in [0.05, 0.1) is 0 Å². The summed E-state index contributed by atoms with van der Waals surface area (Å²) in [4.78, 5) is 10.3. The minimum absolute atomic E-state index is 0.0517. The Morgan fingerprint density at radius 1 is 1.10 bits per heavy atom. The monoisotopic (exact) mass is 304 g/mol. The van der Waals surface area contributed by atoms with Crippen LogP contribution >= 0.6 is 0 Å². The molecule has 0 spiro atoms. The maximum Gasteiger partial charge on any atom is 0.452 e. The molecule has 0 aromatic rings. The molecule has 0 aliphatic carbocycles. The predicted molar refractivity (Wildman–Crippen MR) is 61.5 cm³/mol. The van der Waals surface area contributed by atoms with Crippen molar-refractivity contribution in [2.45, 2.75) is 56.7 Å². The third-order valence-corrected chi connectivity index (χ3v) is 2.81. The highest BCUT2D eigenvalue weighted by atomic mass is 19.4. The van der Waals surface area contributed by atoms with E-state index in [1.807, 2.05) is 6.92 Å². The molecule has 0 bridgehead atoms. The van der Waals surface area contributed by atoms with Crippen LogP contribution in [0.25, 0.3) is 0 Å². The van der Waals surface area contributed by atoms with E-state index in [2.05, 4.69) is 0 Å². The molecule has 0 rings (SSSR count). The van der Waals surface area contributed by atoms with Crippen LogP contribution < -0.4 is 0 Å². The summed E-state index contributed by atoms with van der Waals surface area (Å²) in [7, 11) is 0. The highest BCUT2D eigenvalue weighted by molar-refractivity contribution is 5.80. The third kappa shape index (κ3) is 4.73. The Hall–Kier alpha value is -1.18. The van der Waals surface area contributed by atoms with Crippen molar-refractivity contribution >= 4 is 5.97 Å². The molecule has 0 saturated heterocycles. The molecular weight excluding hydrogens is 287 g/mol. The van der Waals surface area contributed by atoms with Crippen LogP contribution in [0.1, 0.15) is 39.0 Å². The smallest absolute Gasteiger partial charge is 0.452 e. The number of halogens is 5. The van der Waals surface area contributed by atoms with E-state index < -0.39 is 30.1 Å². The number of unbranched alkanes of at least 4 members (excludes halogenated alkanes) is 3. The van der Waals surface area contributed by atoms with Gasteiger partial charge in [-0.25, -0.2) is 9.18 Å². The van der Waals surface area contributed by atoms with E-state index in [1.54, 1.807) is 0 Å². The molecule has 0 radical (unpaired) electrons. The Labute approximate surface area is 113 Å². The Balaban J connectivity index is 5.20. The average Bonchev–Trinajstić information content (AvgIpc) is 2.30. The molecule has 8 heteroatoms. The number of carbonyl (C=O) groups is 1. The molecule has 20 heavy (non-hydrogen) atoms. The molecule has 0 amide bonds. The highest BCUT2D eigenvalue weighted by Crippen LogP contribution is 2.45. The molecule has 0 heterocycles. The van der Waals surface area contributed by atoms with Crippen LogP contribution in [0.2, 0.25) is 0 Å². The Morgan fingerprint density at radius 3 is 2.05 bits per heavy atom. The van der Waals surface area contributed by atoms with Crippen molar-refractivity contribution in [2.24, 2.45) is 0 Å². The molecule has 0 aromatic heterocycles. The summed E-state index contributed by atoms with van der Waals surface area (Å²) >= 11 is 0. The zero-order valence-corrected chi connectivity index (χ0v) is 10.9. The van der Waals surface area contributed by atoms with Crippen LogP contribution in [0.4, 0.5) is 22.0 Å². The van der Waals surface area contributed by atoms with Gasteiger partial charge in [0.15, 0.2) is 5.67 Å². The number of rotatable bonds is 8. The Bertz CT molecular complexity index is 351. The van der Waals surface area contributed by atoms with Gasteiger partial charge in [0.2, 0.25) is 0 Å². The van der Waals surface area contributed by atoms with Crippen molar-refractivity contribution in [2.75, 3.05) is 0 Å². The normalized spacial score (nSPS) is 18.8. The fraction of sp³-hybridized carbons (Fsp3) is 0.750. The number of hydrogen-bond acceptors (Lipinski definition) is 2. The second-order valence-electron chi connectivity index (χ2n) is 4.46. The predicted octanol–water partition coefficient (Wildman–Crippen LogP) is 3.53. The molecule has 2 atom stereocenters. The van der Waals surface area contributed by atoms with E-state index in [4.69, 9.17) is 10.2 Å². The van der Waals surface area contributed by atoms with E-state index in [1.165, 1.54) is 0 Å². The summed E-state index contributed by atoms with van der Waals surface area (Å²) in [6.07, 6.45) is -5.31. The van der Waals surface area contributed by atoms with E-state index in [0.29, 0.717) is 12.8 Å². The van der Waals surface area contributed by atoms with Gasteiger partial charge in [0, 0.05) is 6.08 Å². The fourth-order valence-electron chi connectivity index (χ4n) is 1.61. The lowest BCUT2D eigenvalue weighted by Gasteiger charge is -2.34. The molecule has 118 valence electrons. The van der Waals surface area contributed by atoms with Crippen molar-refractivity contribution < 1.29 is 37.0 Å². The van der Waals surface area contributed by atoms with Crippen LogP contribution in [0.5, 0.6) is 0 Å². The van der Waals surface area contributed by atoms with Gasteiger partial charge in [-0.05, 0) is 18.9 Å². The van der Waals surface area contributed by atoms with Crippen LogP contribution in [0, 0.1) is 0 Å². The van der Waals surface area contributed by atoms with Gasteiger partial charge < -0.3 is 10.2 Å². The van der Waals surface area contributed by atoms with Crippen LogP contribution in [0.3, 0.4) is 0 Å². The maximum absolute atomic E-state index is 14.2. The van der Waals surface area contributed by atoms with E-state index in [9.17, 15) is 26.7 Å². The number of aliphatic hydroxyl groups is 1. The number of carboxylic acid groups (broad SMARTS) is 1. The van der Waals surface area contributed by atoms with Gasteiger partial charge >= 0.3 is 18.0 Å². The van der Waals surface area contributed by atoms with Crippen molar-refractivity contribution in [3.63, 3.8) is 0 Å². The lowest BCUT2D eigenvalue weighted by atomic mass is 9.88. The van der Waals surface area contributed by atoms with Crippen molar-refractivity contribution in [1.82, 2.24) is 0 Å². The SMILES string of the molecule is CCCCCCC(F)(C=CC(=O)O)C(O)(F)C(F)(F)F. The first-order valence-corrected chi connectivity index (χ1v) is 6.07. The van der Waals surface area contributed by atoms with E-state index in [0.717, 1.165) is 6.42 Å². The van der Waals surface area contributed by atoms with E-state index in [-0.39, 0.29) is 18.6 Å². The molecular formula is C12H17F5O3. The lowest BCUT2D eigenvalue weighted by Crippen LogP contribution is -2.56. The number of hydrogen-bond donors (Lipinski definition) is 2. The average molecular weight is 304 g/mol. The van der Waals surface area contributed by atoms with Gasteiger partial charge in [0.1, 0.15) is 0 Å². The summed E-state index contributed by atoms with van der Waals surface area (Å²) in [5.74, 6) is -6.88. The molecule has 0 fully saturated rings. The number of alkyl halides is 5. The second-order valence-corrected chi connectivity index (χ2v) is 4.46. The van der Waals surface area contributed by atoms with Gasteiger partial charge in [-0.2, -0.15) is 17.6 Å². The number of aliphatic carboxylic acids is 1. The Morgan fingerprint density at radius 2 is 1.65 bits per heavy atom. The first-order valence-electron chi connectivity index (χ1n) is 6.07. The minimum atomic E-state index is -5.87. The first-order chi connectivity index (χ1) is 8.98. The summed E-state index contributed by atoms with van der Waals surface area (Å²) in [5, 5.41) is 17.1. The minimum Gasteiger partial charge on any atom is -0.478 e. The topological polar surface area (TPSA) is 57.5 Å². The molecule has 2 unspecified atom stereocenters. The van der Waals surface area contributed by atoms with Crippen molar-refractivity contribution in [1.29, 1.82) is 0 Å². The maximum atomic E-state index is 14.2. The van der Waals surface area contributed by atoms with Crippen LogP contribution in [-0.2, 0) is 4.79 Å². The summed E-state index contributed by atoms with van der Waals surface area (Å²) in [6, 6.07) is 0. The van der Waals surface area contributed by atoms with Gasteiger partial charge in [0.25, 0.3) is 0 Å². The summed E-state index contributed by atoms with van der Waals surface area (Å²) in [5.41, 5.74) is -3.84. The fourth-order valence-corrected chi connectivity index (χ4v) is 1.61. The van der Waals surface area contributed by atoms with Gasteiger partial charge in [-0.3, -0.25) is 0 Å². The van der Waals surface area contributed by atoms with Crippen LogP contribution in [-0.4, -0.2) is 33.9 Å². The Kier molecular flexibility index (Phi) is 6.60. The van der Waals surface area contributed by atoms with Crippen LogP contribution in [0.15, 0.2) is 12.2 Å².